The van der Waals surface area contributed by atoms with E-state index in [0.29, 0.717) is 24.5 Å². The van der Waals surface area contributed by atoms with E-state index >= 15 is 0 Å². The fraction of sp³-hybridized carbons (Fsp3) is 0.947. The Labute approximate surface area is 145 Å². The zero-order chi connectivity index (χ0) is 16.7. The molecular formula is C19H32N2O3. The monoisotopic (exact) mass is 336 g/mol. The van der Waals surface area contributed by atoms with Crippen LogP contribution in [0.3, 0.4) is 0 Å². The summed E-state index contributed by atoms with van der Waals surface area (Å²) >= 11 is 0. The number of fused-ring (bicyclic) bond motifs is 1. The van der Waals surface area contributed by atoms with E-state index in [1.165, 1.54) is 25.7 Å². The second-order valence-corrected chi connectivity index (χ2v) is 8.36. The molecule has 0 radical (unpaired) electrons. The number of amides is 1. The molecule has 0 unspecified atom stereocenters. The van der Waals surface area contributed by atoms with E-state index in [1.54, 1.807) is 0 Å². The second-order valence-electron chi connectivity index (χ2n) is 8.36. The first-order valence-electron chi connectivity index (χ1n) is 9.98. The number of nitrogens with one attached hydrogen (secondary N) is 1. The molecule has 2 N–H and O–H groups in total. The van der Waals surface area contributed by atoms with Gasteiger partial charge < -0.3 is 20.1 Å². The maximum absolute atomic E-state index is 12.9. The summed E-state index contributed by atoms with van der Waals surface area (Å²) in [6.45, 7) is 4.26. The first-order valence-corrected chi connectivity index (χ1v) is 9.98. The van der Waals surface area contributed by atoms with Gasteiger partial charge in [0.2, 0.25) is 5.91 Å². The number of piperidine rings is 1. The maximum Gasteiger partial charge on any atom is 0.239 e. The van der Waals surface area contributed by atoms with Crippen molar-refractivity contribution in [2.45, 2.75) is 82.6 Å². The highest BCUT2D eigenvalue weighted by atomic mass is 16.5. The van der Waals surface area contributed by atoms with Crippen LogP contribution in [-0.4, -0.2) is 59.9 Å². The lowest BCUT2D eigenvalue weighted by Gasteiger charge is -2.56. The van der Waals surface area contributed by atoms with Crippen LogP contribution in [0.5, 0.6) is 0 Å². The van der Waals surface area contributed by atoms with Crippen molar-refractivity contribution >= 4 is 5.91 Å². The van der Waals surface area contributed by atoms with Gasteiger partial charge in [-0.25, -0.2) is 0 Å². The van der Waals surface area contributed by atoms with Gasteiger partial charge in [0, 0.05) is 37.6 Å². The molecule has 2 aliphatic heterocycles. The van der Waals surface area contributed by atoms with E-state index in [4.69, 9.17) is 4.74 Å². The van der Waals surface area contributed by atoms with Crippen LogP contribution >= 0.6 is 0 Å². The quantitative estimate of drug-likeness (QED) is 0.823. The van der Waals surface area contributed by atoms with Gasteiger partial charge in [0.05, 0.1) is 18.2 Å². The molecule has 136 valence electrons. The van der Waals surface area contributed by atoms with Crippen molar-refractivity contribution in [3.05, 3.63) is 0 Å². The molecule has 0 aromatic heterocycles. The van der Waals surface area contributed by atoms with Crippen LogP contribution in [0, 0.1) is 11.3 Å². The number of ether oxygens (including phenoxy) is 1. The van der Waals surface area contributed by atoms with Gasteiger partial charge in [-0.05, 0) is 44.9 Å². The molecule has 5 nitrogen and oxygen atoms in total. The lowest BCUT2D eigenvalue weighted by molar-refractivity contribution is -0.210. The molecule has 0 aromatic carbocycles. The van der Waals surface area contributed by atoms with E-state index in [9.17, 15) is 9.90 Å². The molecule has 2 heterocycles. The van der Waals surface area contributed by atoms with Gasteiger partial charge >= 0.3 is 0 Å². The molecule has 2 saturated carbocycles. The third kappa shape index (κ3) is 2.69. The average Bonchev–Trinajstić information content (AvgIpc) is 3.05. The van der Waals surface area contributed by atoms with Crippen molar-refractivity contribution in [2.24, 2.45) is 11.3 Å². The Morgan fingerprint density at radius 1 is 1.25 bits per heavy atom. The summed E-state index contributed by atoms with van der Waals surface area (Å²) in [5.41, 5.74) is -0.0934. The molecular weight excluding hydrogens is 304 g/mol. The van der Waals surface area contributed by atoms with Gasteiger partial charge in [-0.1, -0.05) is 12.8 Å². The summed E-state index contributed by atoms with van der Waals surface area (Å²) < 4.78 is 5.83. The third-order valence-electron chi connectivity index (χ3n) is 7.28. The Morgan fingerprint density at radius 2 is 2.00 bits per heavy atom. The number of likely N-dealkylation sites (tertiary alicyclic amines) is 1. The highest BCUT2D eigenvalue weighted by Gasteiger charge is 2.56. The van der Waals surface area contributed by atoms with Crippen LogP contribution in [0.1, 0.15) is 58.3 Å². The number of rotatable bonds is 3. The van der Waals surface area contributed by atoms with Crippen molar-refractivity contribution in [1.29, 1.82) is 0 Å². The fourth-order valence-corrected chi connectivity index (χ4v) is 5.69. The maximum atomic E-state index is 12.9. The van der Waals surface area contributed by atoms with E-state index in [2.05, 4.69) is 5.32 Å². The molecule has 24 heavy (non-hydrogen) atoms. The van der Waals surface area contributed by atoms with Crippen molar-refractivity contribution in [3.8, 4) is 0 Å². The SMILES string of the molecule is CCO[C@@H]1C[C@H](O)C12CCN(C(=O)[C@@H]1C[C@@H]3CCCC[C@@H]3N1)CC2. The van der Waals surface area contributed by atoms with Gasteiger partial charge in [-0.3, -0.25) is 4.79 Å². The molecule has 4 rings (SSSR count). The molecule has 4 fully saturated rings. The molecule has 1 amide bonds. The molecule has 4 aliphatic rings. The van der Waals surface area contributed by atoms with Crippen LogP contribution in [0.2, 0.25) is 0 Å². The molecule has 5 heteroatoms. The van der Waals surface area contributed by atoms with Gasteiger partial charge in [-0.2, -0.15) is 0 Å². The van der Waals surface area contributed by atoms with Gasteiger partial charge in [-0.15, -0.1) is 0 Å². The van der Waals surface area contributed by atoms with Crippen LogP contribution in [0.4, 0.5) is 0 Å². The van der Waals surface area contributed by atoms with Gasteiger partial charge in [0.15, 0.2) is 0 Å². The Morgan fingerprint density at radius 3 is 2.67 bits per heavy atom. The van der Waals surface area contributed by atoms with Crippen LogP contribution in [0.15, 0.2) is 0 Å². The lowest BCUT2D eigenvalue weighted by Crippen LogP contribution is -2.63. The Kier molecular flexibility index (Phi) is 4.61. The van der Waals surface area contributed by atoms with E-state index in [1.807, 2.05) is 11.8 Å². The topological polar surface area (TPSA) is 61.8 Å². The molecule has 2 aliphatic carbocycles. The zero-order valence-corrected chi connectivity index (χ0v) is 14.9. The predicted molar refractivity (Wildman–Crippen MR) is 91.6 cm³/mol. The summed E-state index contributed by atoms with van der Waals surface area (Å²) in [6.07, 6.45) is 8.62. The highest BCUT2D eigenvalue weighted by Crippen LogP contribution is 2.51. The minimum absolute atomic E-state index is 0.0288. The standard InChI is InChI=1S/C19H32N2O3/c1-2-24-17-12-16(22)19(17)7-9-21(10-8-19)18(23)15-11-13-5-3-4-6-14(13)20-15/h13-17,20,22H,2-12H2,1H3/t13-,14-,15-,16-,17+/m0/s1. The summed E-state index contributed by atoms with van der Waals surface area (Å²) in [7, 11) is 0. The molecule has 5 atom stereocenters. The Hall–Kier alpha value is -0.650. The number of carbonyl (C=O) groups excluding carboxylic acids is 1. The molecule has 1 spiro atoms. The van der Waals surface area contributed by atoms with Crippen LogP contribution < -0.4 is 5.32 Å². The summed E-state index contributed by atoms with van der Waals surface area (Å²) in [4.78, 5) is 15.0. The number of carbonyl (C=O) groups is 1. The smallest absolute Gasteiger partial charge is 0.239 e. The first kappa shape index (κ1) is 16.8. The van der Waals surface area contributed by atoms with Crippen molar-refractivity contribution in [1.82, 2.24) is 10.2 Å². The van der Waals surface area contributed by atoms with Crippen molar-refractivity contribution < 1.29 is 14.6 Å². The third-order valence-corrected chi connectivity index (χ3v) is 7.28. The minimum atomic E-state index is -0.251. The van der Waals surface area contributed by atoms with Crippen molar-refractivity contribution in [2.75, 3.05) is 19.7 Å². The zero-order valence-electron chi connectivity index (χ0n) is 14.9. The second kappa shape index (κ2) is 6.58. The van der Waals surface area contributed by atoms with E-state index in [-0.39, 0.29) is 23.7 Å². The highest BCUT2D eigenvalue weighted by molar-refractivity contribution is 5.82. The molecule has 2 saturated heterocycles. The largest absolute Gasteiger partial charge is 0.392 e. The average molecular weight is 336 g/mol. The fourth-order valence-electron chi connectivity index (χ4n) is 5.69. The Balaban J connectivity index is 1.33. The van der Waals surface area contributed by atoms with Gasteiger partial charge in [0.25, 0.3) is 0 Å². The normalized spacial score (nSPS) is 41.1. The lowest BCUT2D eigenvalue weighted by atomic mass is 9.58. The number of hydrogen-bond acceptors (Lipinski definition) is 4. The summed E-state index contributed by atoms with van der Waals surface area (Å²) in [5.74, 6) is 1.00. The number of nitrogens with zero attached hydrogens (tertiary/aromatic N) is 1. The predicted octanol–water partition coefficient (Wildman–Crippen LogP) is 1.69. The van der Waals surface area contributed by atoms with E-state index < -0.39 is 0 Å². The first-order chi connectivity index (χ1) is 11.6. The van der Waals surface area contributed by atoms with Crippen molar-refractivity contribution in [3.63, 3.8) is 0 Å². The number of aliphatic hydroxyl groups is 1. The minimum Gasteiger partial charge on any atom is -0.392 e. The summed E-state index contributed by atoms with van der Waals surface area (Å²) in [6, 6.07) is 0.598. The molecule has 0 bridgehead atoms. The summed E-state index contributed by atoms with van der Waals surface area (Å²) in [5, 5.41) is 13.9. The Bertz CT molecular complexity index is 459. The van der Waals surface area contributed by atoms with Crippen LogP contribution in [0.25, 0.3) is 0 Å². The van der Waals surface area contributed by atoms with Crippen LogP contribution in [-0.2, 0) is 9.53 Å². The number of aliphatic hydroxyl groups excluding tert-OH is 1. The van der Waals surface area contributed by atoms with E-state index in [0.717, 1.165) is 38.8 Å². The number of hydrogen-bond donors (Lipinski definition) is 2. The molecule has 0 aromatic rings. The van der Waals surface area contributed by atoms with Gasteiger partial charge in [0.1, 0.15) is 0 Å².